The monoisotopic (exact) mass is 440 g/mol. The Morgan fingerprint density at radius 2 is 1.97 bits per heavy atom. The van der Waals surface area contributed by atoms with Gasteiger partial charge in [0.05, 0.1) is 6.10 Å². The average Bonchev–Trinajstić information content (AvgIpc) is 2.88. The number of allylic oxidation sites excluding steroid dienone is 4. The fourth-order valence-electron chi connectivity index (χ4n) is 7.22. The first-order valence-corrected chi connectivity index (χ1v) is 11.7. The predicted molar refractivity (Wildman–Crippen MR) is 111 cm³/mol. The Balaban J connectivity index is 1.84. The van der Waals surface area contributed by atoms with Gasteiger partial charge in [-0.05, 0) is 61.5 Å². The molecule has 2 N–H and O–H groups in total. The van der Waals surface area contributed by atoms with E-state index in [9.17, 15) is 19.8 Å². The first-order chi connectivity index (χ1) is 13.9. The van der Waals surface area contributed by atoms with E-state index < -0.39 is 52.1 Å². The number of aliphatic hydroxyl groups excluding tert-OH is 1. The highest BCUT2D eigenvalue weighted by atomic mass is 32.2. The number of fused-ring (bicyclic) bond motifs is 5. The lowest BCUT2D eigenvalue weighted by Crippen LogP contribution is -2.70. The van der Waals surface area contributed by atoms with Crippen molar-refractivity contribution in [3.8, 4) is 0 Å². The van der Waals surface area contributed by atoms with Gasteiger partial charge >= 0.3 is 0 Å². The normalized spacial score (nSPS) is 52.3. The first kappa shape index (κ1) is 22.2. The highest BCUT2D eigenvalue weighted by Gasteiger charge is 2.76. The zero-order valence-corrected chi connectivity index (χ0v) is 18.6. The molecular weight excluding hydrogens is 410 g/mol. The number of aliphatic hydroxyl groups is 2. The van der Waals surface area contributed by atoms with Crippen LogP contribution in [-0.4, -0.2) is 50.4 Å². The SMILES string of the molecule is CCSC(=O)[C@@]1(O)[C@H](C)C[C@H]2[C@@H]3C[C@H](F)C4=CC(=O)C=C[C@]4(C)[C@@]3(F)[C@@H](O)C[C@@]21C. The molecule has 0 radical (unpaired) electrons. The minimum atomic E-state index is -2.19. The molecule has 0 aliphatic heterocycles. The lowest BCUT2D eigenvalue weighted by Gasteiger charge is -2.63. The Labute approximate surface area is 180 Å². The second-order valence-corrected chi connectivity index (χ2v) is 11.2. The van der Waals surface area contributed by atoms with Crippen molar-refractivity contribution in [1.29, 1.82) is 0 Å². The van der Waals surface area contributed by atoms with Crippen molar-refractivity contribution in [3.05, 3.63) is 23.8 Å². The van der Waals surface area contributed by atoms with Crippen molar-refractivity contribution < 1.29 is 28.6 Å². The van der Waals surface area contributed by atoms with Gasteiger partial charge in [-0.3, -0.25) is 9.59 Å². The van der Waals surface area contributed by atoms with E-state index in [2.05, 4.69) is 0 Å². The van der Waals surface area contributed by atoms with E-state index in [0.717, 1.165) is 17.8 Å². The fraction of sp³-hybridized carbons (Fsp3) is 0.739. The second-order valence-electron chi connectivity index (χ2n) is 9.98. The molecule has 7 heteroatoms. The number of alkyl halides is 2. The standard InChI is InChI=1S/C23H30F2O4S/c1-5-30-19(28)23(29)12(2)8-14-15-10-17(24)16-9-13(26)6-7-20(16,3)22(15,25)18(27)11-21(14,23)4/h6-7,9,12,14-15,17-18,27,29H,5,8,10-11H2,1-4H3/t12-,14+,15+,17+,18+,20+,21+,22+,23+/m1/s1. The molecule has 0 aromatic heterocycles. The fourth-order valence-corrected chi connectivity index (χ4v) is 8.13. The van der Waals surface area contributed by atoms with Crippen LogP contribution in [0.25, 0.3) is 0 Å². The van der Waals surface area contributed by atoms with Gasteiger partial charge in [0.25, 0.3) is 0 Å². The molecular formula is C23H30F2O4S. The molecule has 0 aromatic carbocycles. The summed E-state index contributed by atoms with van der Waals surface area (Å²) in [5.74, 6) is -1.65. The van der Waals surface area contributed by atoms with E-state index in [0.29, 0.717) is 12.2 Å². The van der Waals surface area contributed by atoms with Crippen LogP contribution >= 0.6 is 11.8 Å². The zero-order chi connectivity index (χ0) is 22.3. The molecule has 4 aliphatic rings. The largest absolute Gasteiger partial charge is 0.390 e. The third kappa shape index (κ3) is 2.40. The number of hydrogen-bond acceptors (Lipinski definition) is 5. The molecule has 0 amide bonds. The molecule has 4 aliphatic carbocycles. The number of thioether (sulfide) groups is 1. The van der Waals surface area contributed by atoms with Gasteiger partial charge in [-0.25, -0.2) is 8.78 Å². The van der Waals surface area contributed by atoms with E-state index in [-0.39, 0.29) is 29.3 Å². The van der Waals surface area contributed by atoms with Crippen molar-refractivity contribution >= 4 is 22.7 Å². The lowest BCUT2D eigenvalue weighted by molar-refractivity contribution is -0.221. The summed E-state index contributed by atoms with van der Waals surface area (Å²) in [4.78, 5) is 24.8. The topological polar surface area (TPSA) is 74.6 Å². The maximum Gasteiger partial charge on any atom is 0.221 e. The summed E-state index contributed by atoms with van der Waals surface area (Å²) in [5, 5.41) is 22.5. The van der Waals surface area contributed by atoms with Crippen LogP contribution in [0.2, 0.25) is 0 Å². The highest BCUT2D eigenvalue weighted by Crippen LogP contribution is 2.71. The molecule has 3 fully saturated rings. The maximum atomic E-state index is 17.0. The molecule has 0 bridgehead atoms. The van der Waals surface area contributed by atoms with Gasteiger partial charge in [0.15, 0.2) is 11.5 Å². The molecule has 4 rings (SSSR count). The molecule has 30 heavy (non-hydrogen) atoms. The Kier molecular flexibility index (Phi) is 4.96. The minimum absolute atomic E-state index is 0.0790. The van der Waals surface area contributed by atoms with Gasteiger partial charge in [-0.2, -0.15) is 0 Å². The smallest absolute Gasteiger partial charge is 0.221 e. The lowest BCUT2D eigenvalue weighted by atomic mass is 9.44. The number of ketones is 1. The van der Waals surface area contributed by atoms with Crippen LogP contribution < -0.4 is 0 Å². The van der Waals surface area contributed by atoms with Crippen LogP contribution in [0.1, 0.15) is 47.0 Å². The third-order valence-electron chi connectivity index (χ3n) is 8.80. The summed E-state index contributed by atoms with van der Waals surface area (Å²) < 4.78 is 32.3. The Morgan fingerprint density at radius 1 is 1.30 bits per heavy atom. The summed E-state index contributed by atoms with van der Waals surface area (Å²) in [6.45, 7) is 6.91. The van der Waals surface area contributed by atoms with Crippen molar-refractivity contribution in [3.63, 3.8) is 0 Å². The Hall–Kier alpha value is -1.05. The van der Waals surface area contributed by atoms with Gasteiger partial charge in [0, 0.05) is 16.7 Å². The number of hydrogen-bond donors (Lipinski definition) is 2. The molecule has 0 aromatic rings. The maximum absolute atomic E-state index is 17.0. The van der Waals surface area contributed by atoms with Gasteiger partial charge in [0.1, 0.15) is 11.8 Å². The van der Waals surface area contributed by atoms with Gasteiger partial charge in [-0.15, -0.1) is 0 Å². The van der Waals surface area contributed by atoms with Crippen LogP contribution in [0.15, 0.2) is 23.8 Å². The molecule has 0 saturated heterocycles. The number of halogens is 2. The predicted octanol–water partition coefficient (Wildman–Crippen LogP) is 3.56. The van der Waals surface area contributed by atoms with Gasteiger partial charge < -0.3 is 10.2 Å². The minimum Gasteiger partial charge on any atom is -0.390 e. The summed E-state index contributed by atoms with van der Waals surface area (Å²) in [7, 11) is 0. The van der Waals surface area contributed by atoms with Crippen LogP contribution in [0.3, 0.4) is 0 Å². The summed E-state index contributed by atoms with van der Waals surface area (Å²) >= 11 is 1.04. The molecule has 0 unspecified atom stereocenters. The van der Waals surface area contributed by atoms with Crippen molar-refractivity contribution in [2.24, 2.45) is 28.6 Å². The van der Waals surface area contributed by atoms with E-state index in [1.54, 1.807) is 20.8 Å². The molecule has 0 spiro atoms. The van der Waals surface area contributed by atoms with Crippen molar-refractivity contribution in [1.82, 2.24) is 0 Å². The van der Waals surface area contributed by atoms with E-state index >= 15 is 8.78 Å². The highest BCUT2D eigenvalue weighted by molar-refractivity contribution is 8.13. The summed E-state index contributed by atoms with van der Waals surface area (Å²) in [6, 6.07) is 0. The molecule has 0 heterocycles. The summed E-state index contributed by atoms with van der Waals surface area (Å²) in [5.41, 5.74) is -6.32. The van der Waals surface area contributed by atoms with Crippen molar-refractivity contribution in [2.45, 2.75) is 70.5 Å². The number of carbonyl (C=O) groups is 2. The Morgan fingerprint density at radius 3 is 2.60 bits per heavy atom. The van der Waals surface area contributed by atoms with E-state index in [1.807, 2.05) is 6.92 Å². The Bertz CT molecular complexity index is 858. The number of carbonyl (C=O) groups excluding carboxylic acids is 2. The van der Waals surface area contributed by atoms with E-state index in [4.69, 9.17) is 0 Å². The molecule has 3 saturated carbocycles. The summed E-state index contributed by atoms with van der Waals surface area (Å²) in [6.07, 6.45) is 0.912. The third-order valence-corrected chi connectivity index (χ3v) is 9.66. The molecule has 166 valence electrons. The van der Waals surface area contributed by atoms with Crippen LogP contribution in [0.4, 0.5) is 8.78 Å². The van der Waals surface area contributed by atoms with Crippen LogP contribution in [0.5, 0.6) is 0 Å². The zero-order valence-electron chi connectivity index (χ0n) is 17.8. The van der Waals surface area contributed by atoms with Crippen LogP contribution in [-0.2, 0) is 9.59 Å². The van der Waals surface area contributed by atoms with Crippen molar-refractivity contribution in [2.75, 3.05) is 5.75 Å². The van der Waals surface area contributed by atoms with Gasteiger partial charge in [-0.1, -0.05) is 38.6 Å². The molecule has 4 nitrogen and oxygen atoms in total. The molecule has 9 atom stereocenters. The quantitative estimate of drug-likeness (QED) is 0.687. The average molecular weight is 441 g/mol. The first-order valence-electron chi connectivity index (χ1n) is 10.7. The number of rotatable bonds is 2. The second kappa shape index (κ2) is 6.72. The van der Waals surface area contributed by atoms with Crippen LogP contribution in [0, 0.1) is 28.6 Å². The van der Waals surface area contributed by atoms with E-state index in [1.165, 1.54) is 12.2 Å². The van der Waals surface area contributed by atoms with Gasteiger partial charge in [0.2, 0.25) is 5.12 Å².